The average Bonchev–Trinajstić information content (AvgIpc) is 2.74. The Hall–Kier alpha value is -2.53. The summed E-state index contributed by atoms with van der Waals surface area (Å²) in [6.45, 7) is 1.97. The van der Waals surface area contributed by atoms with Crippen LogP contribution in [0.1, 0.15) is 28.8 Å². The highest BCUT2D eigenvalue weighted by Crippen LogP contribution is 2.20. The Morgan fingerprint density at radius 3 is 2.64 bits per heavy atom. The highest BCUT2D eigenvalue weighted by Gasteiger charge is 2.24. The molecule has 1 aliphatic rings. The van der Waals surface area contributed by atoms with E-state index >= 15 is 0 Å². The molecule has 0 saturated carbocycles. The molecule has 148 valence electrons. The first-order chi connectivity index (χ1) is 13.6. The molecule has 2 aromatic carbocycles. The maximum atomic E-state index is 12.7. The lowest BCUT2D eigenvalue weighted by Gasteiger charge is -2.33. The van der Waals surface area contributed by atoms with Crippen LogP contribution in [0.15, 0.2) is 48.5 Å². The Morgan fingerprint density at radius 1 is 1.18 bits per heavy atom. The van der Waals surface area contributed by atoms with E-state index in [2.05, 4.69) is 5.32 Å². The van der Waals surface area contributed by atoms with Gasteiger partial charge in [0.1, 0.15) is 5.75 Å². The van der Waals surface area contributed by atoms with Crippen molar-refractivity contribution in [1.29, 1.82) is 0 Å². The number of amides is 2. The van der Waals surface area contributed by atoms with Gasteiger partial charge in [0.25, 0.3) is 5.91 Å². The van der Waals surface area contributed by atoms with E-state index in [1.54, 1.807) is 37.4 Å². The van der Waals surface area contributed by atoms with E-state index in [1.165, 1.54) is 0 Å². The molecule has 1 unspecified atom stereocenters. The molecule has 0 aromatic heterocycles. The van der Waals surface area contributed by atoms with Gasteiger partial charge in [-0.1, -0.05) is 29.8 Å². The molecule has 2 aromatic rings. The van der Waals surface area contributed by atoms with Crippen LogP contribution >= 0.6 is 11.6 Å². The number of rotatable bonds is 6. The third-order valence-electron chi connectivity index (χ3n) is 5.07. The second kappa shape index (κ2) is 9.60. The number of halogens is 1. The standard InChI is InChI=1S/C22H25ClN2O3/c1-28-19-10-8-17(9-11-19)22(27)24-14-16-5-4-12-25(15-16)21(26)13-18-6-2-3-7-20(18)23/h2-3,6-11,16H,4-5,12-15H2,1H3,(H,24,27). The zero-order valence-corrected chi connectivity index (χ0v) is 16.7. The molecule has 5 nitrogen and oxygen atoms in total. The van der Waals surface area contributed by atoms with Crippen molar-refractivity contribution in [1.82, 2.24) is 10.2 Å². The average molecular weight is 401 g/mol. The fourth-order valence-corrected chi connectivity index (χ4v) is 3.66. The number of nitrogens with one attached hydrogen (secondary N) is 1. The Bertz CT molecular complexity index is 823. The minimum Gasteiger partial charge on any atom is -0.497 e. The van der Waals surface area contributed by atoms with Crippen LogP contribution < -0.4 is 10.1 Å². The Morgan fingerprint density at radius 2 is 1.93 bits per heavy atom. The molecule has 3 rings (SSSR count). The highest BCUT2D eigenvalue weighted by atomic mass is 35.5. The first-order valence-electron chi connectivity index (χ1n) is 9.50. The molecule has 6 heteroatoms. The second-order valence-electron chi connectivity index (χ2n) is 7.05. The van der Waals surface area contributed by atoms with Gasteiger partial charge in [-0.2, -0.15) is 0 Å². The minimum absolute atomic E-state index is 0.0827. The van der Waals surface area contributed by atoms with Gasteiger partial charge in [-0.25, -0.2) is 0 Å². The van der Waals surface area contributed by atoms with Crippen molar-refractivity contribution in [2.75, 3.05) is 26.7 Å². The van der Waals surface area contributed by atoms with Crippen molar-refractivity contribution in [2.24, 2.45) is 5.92 Å². The highest BCUT2D eigenvalue weighted by molar-refractivity contribution is 6.31. The van der Waals surface area contributed by atoms with Crippen LogP contribution in [-0.2, 0) is 11.2 Å². The number of nitrogens with zero attached hydrogens (tertiary/aromatic N) is 1. The number of piperidine rings is 1. The number of benzene rings is 2. The van der Waals surface area contributed by atoms with E-state index < -0.39 is 0 Å². The molecular formula is C22H25ClN2O3. The van der Waals surface area contributed by atoms with Crippen LogP contribution in [0.4, 0.5) is 0 Å². The molecule has 0 bridgehead atoms. The lowest BCUT2D eigenvalue weighted by molar-refractivity contribution is -0.132. The third kappa shape index (κ3) is 5.26. The molecule has 0 aliphatic carbocycles. The first-order valence-corrected chi connectivity index (χ1v) is 9.88. The van der Waals surface area contributed by atoms with Gasteiger partial charge >= 0.3 is 0 Å². The molecular weight excluding hydrogens is 376 g/mol. The molecule has 1 N–H and O–H groups in total. The fraction of sp³-hybridized carbons (Fsp3) is 0.364. The summed E-state index contributed by atoms with van der Waals surface area (Å²) in [6.07, 6.45) is 2.25. The van der Waals surface area contributed by atoms with E-state index in [-0.39, 0.29) is 17.7 Å². The van der Waals surface area contributed by atoms with Crippen molar-refractivity contribution in [2.45, 2.75) is 19.3 Å². The molecule has 1 heterocycles. The number of ether oxygens (including phenoxy) is 1. The van der Waals surface area contributed by atoms with Crippen molar-refractivity contribution in [3.05, 3.63) is 64.7 Å². The summed E-state index contributed by atoms with van der Waals surface area (Å²) in [5, 5.41) is 3.61. The summed E-state index contributed by atoms with van der Waals surface area (Å²) in [5.41, 5.74) is 1.45. The molecule has 0 radical (unpaired) electrons. The fourth-order valence-electron chi connectivity index (χ4n) is 3.46. The number of methoxy groups -OCH3 is 1. The van der Waals surface area contributed by atoms with Crippen molar-refractivity contribution in [3.63, 3.8) is 0 Å². The Kier molecular flexibility index (Phi) is 6.93. The van der Waals surface area contributed by atoms with Crippen LogP contribution in [0.3, 0.4) is 0 Å². The molecule has 28 heavy (non-hydrogen) atoms. The summed E-state index contributed by atoms with van der Waals surface area (Å²) in [7, 11) is 1.59. The maximum absolute atomic E-state index is 12.7. The van der Waals surface area contributed by atoms with Crippen LogP contribution in [0.5, 0.6) is 5.75 Å². The van der Waals surface area contributed by atoms with E-state index in [4.69, 9.17) is 16.3 Å². The second-order valence-corrected chi connectivity index (χ2v) is 7.46. The molecule has 1 fully saturated rings. The van der Waals surface area contributed by atoms with E-state index in [9.17, 15) is 9.59 Å². The maximum Gasteiger partial charge on any atom is 0.251 e. The summed E-state index contributed by atoms with van der Waals surface area (Å²) in [6, 6.07) is 14.5. The smallest absolute Gasteiger partial charge is 0.251 e. The monoisotopic (exact) mass is 400 g/mol. The number of hydrogen-bond acceptors (Lipinski definition) is 3. The molecule has 2 amide bonds. The predicted molar refractivity (Wildman–Crippen MR) is 110 cm³/mol. The summed E-state index contributed by atoms with van der Waals surface area (Å²) >= 11 is 6.17. The van der Waals surface area contributed by atoms with Gasteiger partial charge in [-0.05, 0) is 54.7 Å². The normalized spacial score (nSPS) is 16.5. The number of hydrogen-bond donors (Lipinski definition) is 1. The largest absolute Gasteiger partial charge is 0.497 e. The van der Waals surface area contributed by atoms with Gasteiger partial charge in [0.2, 0.25) is 5.91 Å². The van der Waals surface area contributed by atoms with Gasteiger partial charge in [0.05, 0.1) is 13.5 Å². The lowest BCUT2D eigenvalue weighted by atomic mass is 9.97. The van der Waals surface area contributed by atoms with Gasteiger partial charge in [-0.15, -0.1) is 0 Å². The van der Waals surface area contributed by atoms with Crippen LogP contribution in [0, 0.1) is 5.92 Å². The Balaban J connectivity index is 1.51. The number of carbonyl (C=O) groups excluding carboxylic acids is 2. The van der Waals surface area contributed by atoms with Crippen molar-refractivity contribution < 1.29 is 14.3 Å². The quantitative estimate of drug-likeness (QED) is 0.806. The third-order valence-corrected chi connectivity index (χ3v) is 5.44. The first kappa shape index (κ1) is 20.2. The molecule has 1 aliphatic heterocycles. The van der Waals surface area contributed by atoms with Gasteiger partial charge < -0.3 is 15.0 Å². The Labute approximate surface area is 170 Å². The van der Waals surface area contributed by atoms with Crippen LogP contribution in [0.2, 0.25) is 5.02 Å². The molecule has 0 spiro atoms. The zero-order chi connectivity index (χ0) is 19.9. The molecule has 1 atom stereocenters. The number of carbonyl (C=O) groups is 2. The van der Waals surface area contributed by atoms with Gasteiger partial charge in [0.15, 0.2) is 0 Å². The minimum atomic E-state index is -0.109. The predicted octanol–water partition coefficient (Wildman–Crippen LogP) is 3.56. The SMILES string of the molecule is COc1ccc(C(=O)NCC2CCCN(C(=O)Cc3ccccc3Cl)C2)cc1. The number of likely N-dealkylation sites (tertiary alicyclic amines) is 1. The van der Waals surface area contributed by atoms with Gasteiger partial charge in [0, 0.05) is 30.2 Å². The topological polar surface area (TPSA) is 58.6 Å². The lowest BCUT2D eigenvalue weighted by Crippen LogP contribution is -2.44. The van der Waals surface area contributed by atoms with Crippen LogP contribution in [0.25, 0.3) is 0 Å². The summed E-state index contributed by atoms with van der Waals surface area (Å²) in [5.74, 6) is 0.948. The molecule has 1 saturated heterocycles. The van der Waals surface area contributed by atoms with Crippen LogP contribution in [-0.4, -0.2) is 43.5 Å². The van der Waals surface area contributed by atoms with E-state index in [1.807, 2.05) is 23.1 Å². The van der Waals surface area contributed by atoms with Crippen molar-refractivity contribution >= 4 is 23.4 Å². The summed E-state index contributed by atoms with van der Waals surface area (Å²) in [4.78, 5) is 26.9. The van der Waals surface area contributed by atoms with E-state index in [0.29, 0.717) is 30.1 Å². The van der Waals surface area contributed by atoms with E-state index in [0.717, 1.165) is 30.7 Å². The van der Waals surface area contributed by atoms with Gasteiger partial charge in [-0.3, -0.25) is 9.59 Å². The summed E-state index contributed by atoms with van der Waals surface area (Å²) < 4.78 is 5.11. The zero-order valence-electron chi connectivity index (χ0n) is 16.0. The van der Waals surface area contributed by atoms with Crippen molar-refractivity contribution in [3.8, 4) is 5.75 Å².